The summed E-state index contributed by atoms with van der Waals surface area (Å²) in [6.07, 6.45) is 1.88. The van der Waals surface area contributed by atoms with E-state index in [0.29, 0.717) is 18.7 Å². The molecule has 0 saturated carbocycles. The zero-order valence-electron chi connectivity index (χ0n) is 20.7. The van der Waals surface area contributed by atoms with E-state index in [1.807, 2.05) is 41.1 Å². The molecule has 2 N–H and O–H groups in total. The third-order valence-corrected chi connectivity index (χ3v) is 6.81. The summed E-state index contributed by atoms with van der Waals surface area (Å²) < 4.78 is 29.2. The highest BCUT2D eigenvalue weighted by molar-refractivity contribution is 5.67. The van der Waals surface area contributed by atoms with Crippen molar-refractivity contribution in [2.75, 3.05) is 11.9 Å². The van der Waals surface area contributed by atoms with E-state index in [1.165, 1.54) is 5.56 Å². The van der Waals surface area contributed by atoms with Gasteiger partial charge >= 0.3 is 0 Å². The minimum absolute atomic E-state index is 0.262. The molecular formula is C29H34F2N4. The van der Waals surface area contributed by atoms with Crippen molar-refractivity contribution >= 4 is 5.82 Å². The summed E-state index contributed by atoms with van der Waals surface area (Å²) in [5.74, 6) is -2.37. The number of anilines is 1. The van der Waals surface area contributed by atoms with Crippen LogP contribution < -0.4 is 10.6 Å². The second kappa shape index (κ2) is 10.1. The Morgan fingerprint density at radius 3 is 2.63 bits per heavy atom. The van der Waals surface area contributed by atoms with Gasteiger partial charge in [0.2, 0.25) is 5.92 Å². The monoisotopic (exact) mass is 476 g/mol. The fourth-order valence-electron chi connectivity index (χ4n) is 4.28. The number of allylic oxidation sites excluding steroid dienone is 1. The molecule has 0 amide bonds. The van der Waals surface area contributed by atoms with Crippen molar-refractivity contribution in [1.29, 1.82) is 0 Å². The predicted molar refractivity (Wildman–Crippen MR) is 140 cm³/mol. The zero-order valence-corrected chi connectivity index (χ0v) is 20.7. The van der Waals surface area contributed by atoms with Gasteiger partial charge in [-0.15, -0.1) is 5.10 Å². The lowest BCUT2D eigenvalue weighted by molar-refractivity contribution is -0.0351. The molecule has 0 radical (unpaired) electrons. The molecule has 2 aromatic carbocycles. The molecule has 4 rings (SSSR count). The Kier molecular flexibility index (Phi) is 7.10. The number of hydrogen-bond donors (Lipinski definition) is 2. The van der Waals surface area contributed by atoms with E-state index in [2.05, 4.69) is 48.9 Å². The quantitative estimate of drug-likeness (QED) is 0.345. The number of alkyl halides is 2. The van der Waals surface area contributed by atoms with E-state index in [-0.39, 0.29) is 5.92 Å². The molecule has 35 heavy (non-hydrogen) atoms. The van der Waals surface area contributed by atoms with Crippen molar-refractivity contribution in [1.82, 2.24) is 15.1 Å². The van der Waals surface area contributed by atoms with Crippen LogP contribution in [0.3, 0.4) is 0 Å². The molecule has 1 aliphatic heterocycles. The fourth-order valence-corrected chi connectivity index (χ4v) is 4.28. The first-order chi connectivity index (χ1) is 16.6. The van der Waals surface area contributed by atoms with Crippen LogP contribution in [0.4, 0.5) is 14.6 Å². The number of benzene rings is 2. The van der Waals surface area contributed by atoms with E-state index in [9.17, 15) is 8.78 Å². The van der Waals surface area contributed by atoms with E-state index >= 15 is 0 Å². The molecule has 0 bridgehead atoms. The van der Waals surface area contributed by atoms with Crippen molar-refractivity contribution in [3.8, 4) is 16.9 Å². The molecular weight excluding hydrogens is 442 g/mol. The molecule has 2 atom stereocenters. The van der Waals surface area contributed by atoms with E-state index in [1.54, 1.807) is 6.92 Å². The minimum atomic E-state index is -2.67. The first kappa shape index (κ1) is 24.7. The van der Waals surface area contributed by atoms with Gasteiger partial charge in [-0.05, 0) is 56.9 Å². The Balaban J connectivity index is 1.63. The summed E-state index contributed by atoms with van der Waals surface area (Å²) in [5.41, 5.74) is 6.99. The Morgan fingerprint density at radius 1 is 1.23 bits per heavy atom. The number of nitrogens with zero attached hydrogens (tertiary/aromatic N) is 2. The first-order valence-electron chi connectivity index (χ1n) is 12.1. The normalized spacial score (nSPS) is 16.7. The number of aryl methyl sites for hydroxylation is 2. The molecule has 1 aliphatic rings. The Labute approximate surface area is 206 Å². The second-order valence-corrected chi connectivity index (χ2v) is 9.79. The van der Waals surface area contributed by atoms with Gasteiger partial charge in [0.05, 0.1) is 11.4 Å². The minimum Gasteiger partial charge on any atom is -0.388 e. The van der Waals surface area contributed by atoms with Crippen molar-refractivity contribution in [3.05, 3.63) is 90.3 Å². The lowest BCUT2D eigenvalue weighted by Gasteiger charge is -2.19. The standard InChI is InChI=1S/C29H34F2N4/c1-19-9-13-26(14-10-19)35-27(17-28(34-35)33-22(4)25-15-21(3)32-18-25)24-8-6-7-23(16-24)12-11-20(2)29(5,30)31/h6-10,13-14,16-17,20,25,32H,3-4,11-12,15,18H2,1-2,5H3,(H,33,34)/t20?,25-/m0/s1. The molecule has 2 heterocycles. The van der Waals surface area contributed by atoms with Gasteiger partial charge in [0.15, 0.2) is 5.82 Å². The summed E-state index contributed by atoms with van der Waals surface area (Å²) >= 11 is 0. The van der Waals surface area contributed by atoms with Gasteiger partial charge in [-0.25, -0.2) is 13.5 Å². The molecule has 1 saturated heterocycles. The largest absolute Gasteiger partial charge is 0.388 e. The van der Waals surface area contributed by atoms with E-state index in [4.69, 9.17) is 5.10 Å². The number of aromatic nitrogens is 2. The zero-order chi connectivity index (χ0) is 25.2. The second-order valence-electron chi connectivity index (χ2n) is 9.79. The number of halogens is 2. The van der Waals surface area contributed by atoms with Crippen molar-refractivity contribution in [3.63, 3.8) is 0 Å². The lowest BCUT2D eigenvalue weighted by Crippen LogP contribution is -2.21. The smallest absolute Gasteiger partial charge is 0.247 e. The average molecular weight is 477 g/mol. The van der Waals surface area contributed by atoms with Crippen LogP contribution in [0, 0.1) is 18.8 Å². The number of hydrogen-bond acceptors (Lipinski definition) is 3. The van der Waals surface area contributed by atoms with Crippen LogP contribution in [0.15, 0.2) is 79.1 Å². The number of nitrogens with one attached hydrogen (secondary N) is 2. The highest BCUT2D eigenvalue weighted by Gasteiger charge is 2.29. The van der Waals surface area contributed by atoms with Crippen LogP contribution in [0.25, 0.3) is 16.9 Å². The Bertz CT molecular complexity index is 1200. The lowest BCUT2D eigenvalue weighted by atomic mass is 9.95. The van der Waals surface area contributed by atoms with Crippen LogP contribution in [0.2, 0.25) is 0 Å². The molecule has 1 unspecified atom stereocenters. The van der Waals surface area contributed by atoms with Gasteiger partial charge in [0, 0.05) is 41.4 Å². The molecule has 6 heteroatoms. The van der Waals surface area contributed by atoms with Crippen molar-refractivity contribution in [2.45, 2.75) is 46.0 Å². The van der Waals surface area contributed by atoms with E-state index in [0.717, 1.165) is 53.8 Å². The van der Waals surface area contributed by atoms with Gasteiger partial charge in [-0.2, -0.15) is 0 Å². The maximum absolute atomic E-state index is 13.6. The van der Waals surface area contributed by atoms with Gasteiger partial charge in [0.25, 0.3) is 0 Å². The topological polar surface area (TPSA) is 41.9 Å². The summed E-state index contributed by atoms with van der Waals surface area (Å²) in [7, 11) is 0. The highest BCUT2D eigenvalue weighted by atomic mass is 19.3. The first-order valence-corrected chi connectivity index (χ1v) is 12.1. The van der Waals surface area contributed by atoms with Gasteiger partial charge in [0.1, 0.15) is 0 Å². The fraction of sp³-hybridized carbons (Fsp3) is 0.345. The Morgan fingerprint density at radius 2 is 1.97 bits per heavy atom. The van der Waals surface area contributed by atoms with E-state index < -0.39 is 11.8 Å². The Hall–Kier alpha value is -3.41. The van der Waals surface area contributed by atoms with Gasteiger partial charge < -0.3 is 10.6 Å². The molecule has 184 valence electrons. The average Bonchev–Trinajstić information content (AvgIpc) is 3.44. The maximum atomic E-state index is 13.6. The van der Waals surface area contributed by atoms with Gasteiger partial charge in [-0.3, -0.25) is 0 Å². The van der Waals surface area contributed by atoms with Crippen LogP contribution in [0.1, 0.15) is 37.8 Å². The molecule has 0 spiro atoms. The molecule has 0 aliphatic carbocycles. The van der Waals surface area contributed by atoms with Crippen LogP contribution >= 0.6 is 0 Å². The van der Waals surface area contributed by atoms with Crippen LogP contribution in [-0.4, -0.2) is 22.2 Å². The summed E-state index contributed by atoms with van der Waals surface area (Å²) in [4.78, 5) is 0. The molecule has 1 aromatic heterocycles. The molecule has 4 nitrogen and oxygen atoms in total. The predicted octanol–water partition coefficient (Wildman–Crippen LogP) is 7.12. The summed E-state index contributed by atoms with van der Waals surface area (Å²) in [6.45, 7) is 13.7. The summed E-state index contributed by atoms with van der Waals surface area (Å²) in [6, 6.07) is 18.3. The van der Waals surface area contributed by atoms with Crippen molar-refractivity contribution < 1.29 is 8.78 Å². The third kappa shape index (κ3) is 5.99. The van der Waals surface area contributed by atoms with Crippen molar-refractivity contribution in [2.24, 2.45) is 11.8 Å². The molecule has 3 aromatic rings. The van der Waals surface area contributed by atoms with Crippen LogP contribution in [0.5, 0.6) is 0 Å². The summed E-state index contributed by atoms with van der Waals surface area (Å²) in [5, 5.41) is 11.5. The van der Waals surface area contributed by atoms with Gasteiger partial charge in [-0.1, -0.05) is 56.0 Å². The molecule has 1 fully saturated rings. The maximum Gasteiger partial charge on any atom is 0.247 e. The number of rotatable bonds is 9. The SMILES string of the molecule is C=C1C[C@H](C(=C)Nc2cc(-c3cccc(CCC(C)C(C)(F)F)c3)n(-c3ccc(C)cc3)n2)CN1. The third-order valence-electron chi connectivity index (χ3n) is 6.81. The van der Waals surface area contributed by atoms with Crippen LogP contribution in [-0.2, 0) is 6.42 Å². The highest BCUT2D eigenvalue weighted by Crippen LogP contribution is 2.31.